The van der Waals surface area contributed by atoms with Crippen LogP contribution in [0.1, 0.15) is 25.7 Å². The van der Waals surface area contributed by atoms with E-state index in [0.29, 0.717) is 29.5 Å². The van der Waals surface area contributed by atoms with E-state index in [1.54, 1.807) is 32.4 Å². The van der Waals surface area contributed by atoms with Crippen molar-refractivity contribution in [1.29, 1.82) is 0 Å². The van der Waals surface area contributed by atoms with Gasteiger partial charge in [-0.1, -0.05) is 6.42 Å². The average molecular weight is 278 g/mol. The fourth-order valence-corrected chi connectivity index (χ4v) is 2.68. The normalized spacial score (nSPS) is 21.6. The fraction of sp³-hybridized carbons (Fsp3) is 0.533. The highest BCUT2D eigenvalue weighted by atomic mass is 16.5. The molecule has 2 rings (SSSR count). The van der Waals surface area contributed by atoms with Gasteiger partial charge in [-0.15, -0.1) is 0 Å². The summed E-state index contributed by atoms with van der Waals surface area (Å²) in [6.07, 6.45) is 3.67. The number of hydrogen-bond acceptors (Lipinski definition) is 4. The molecule has 1 aliphatic rings. The lowest BCUT2D eigenvalue weighted by Crippen LogP contribution is -2.28. The van der Waals surface area contributed by atoms with Crippen molar-refractivity contribution in [1.82, 2.24) is 0 Å². The molecular weight excluding hydrogens is 256 g/mol. The van der Waals surface area contributed by atoms with Crippen LogP contribution in [0.3, 0.4) is 0 Å². The molecule has 20 heavy (non-hydrogen) atoms. The SMILES string of the molecule is COc1ccc(NC(=O)C[C@@H]2CCC[C@H]2N)cc1OC. The number of benzene rings is 1. The molecule has 1 aliphatic carbocycles. The Labute approximate surface area is 119 Å². The molecule has 5 heteroatoms. The highest BCUT2D eigenvalue weighted by molar-refractivity contribution is 5.91. The summed E-state index contributed by atoms with van der Waals surface area (Å²) in [5.74, 6) is 1.54. The predicted octanol–water partition coefficient (Wildman–Crippen LogP) is 2.16. The summed E-state index contributed by atoms with van der Waals surface area (Å²) in [6.45, 7) is 0. The molecule has 110 valence electrons. The minimum atomic E-state index is -0.000398. The second-order valence-corrected chi connectivity index (χ2v) is 5.18. The Bertz CT molecular complexity index is 476. The molecule has 2 atom stereocenters. The Hall–Kier alpha value is -1.75. The van der Waals surface area contributed by atoms with E-state index in [2.05, 4.69) is 5.32 Å². The lowest BCUT2D eigenvalue weighted by molar-refractivity contribution is -0.117. The van der Waals surface area contributed by atoms with Gasteiger partial charge in [0, 0.05) is 24.2 Å². The molecule has 0 aliphatic heterocycles. The molecule has 1 fully saturated rings. The molecule has 0 bridgehead atoms. The van der Waals surface area contributed by atoms with Crippen molar-refractivity contribution in [2.45, 2.75) is 31.7 Å². The van der Waals surface area contributed by atoms with Gasteiger partial charge in [0.2, 0.25) is 5.91 Å². The fourth-order valence-electron chi connectivity index (χ4n) is 2.68. The largest absolute Gasteiger partial charge is 0.493 e. The zero-order chi connectivity index (χ0) is 14.5. The van der Waals surface area contributed by atoms with Gasteiger partial charge in [-0.2, -0.15) is 0 Å². The number of anilines is 1. The average Bonchev–Trinajstić information content (AvgIpc) is 2.84. The van der Waals surface area contributed by atoms with E-state index >= 15 is 0 Å². The minimum Gasteiger partial charge on any atom is -0.493 e. The van der Waals surface area contributed by atoms with E-state index in [-0.39, 0.29) is 11.9 Å². The Morgan fingerprint density at radius 1 is 1.30 bits per heavy atom. The van der Waals surface area contributed by atoms with Crippen LogP contribution in [-0.4, -0.2) is 26.2 Å². The standard InChI is InChI=1S/C15H22N2O3/c1-19-13-7-6-11(9-14(13)20-2)17-15(18)8-10-4-3-5-12(10)16/h6-7,9-10,12H,3-5,8,16H2,1-2H3,(H,17,18)/t10-,12+/m0/s1. The second kappa shape index (κ2) is 6.61. The van der Waals surface area contributed by atoms with Crippen molar-refractivity contribution >= 4 is 11.6 Å². The van der Waals surface area contributed by atoms with E-state index in [4.69, 9.17) is 15.2 Å². The Morgan fingerprint density at radius 2 is 2.05 bits per heavy atom. The summed E-state index contributed by atoms with van der Waals surface area (Å²) in [5, 5.41) is 2.89. The number of nitrogens with two attached hydrogens (primary N) is 1. The van der Waals surface area contributed by atoms with Gasteiger partial charge < -0.3 is 20.5 Å². The van der Waals surface area contributed by atoms with Crippen LogP contribution in [-0.2, 0) is 4.79 Å². The number of nitrogens with one attached hydrogen (secondary N) is 1. The zero-order valence-corrected chi connectivity index (χ0v) is 12.0. The van der Waals surface area contributed by atoms with E-state index in [1.807, 2.05) is 0 Å². The van der Waals surface area contributed by atoms with Crippen LogP contribution in [0.2, 0.25) is 0 Å². The lowest BCUT2D eigenvalue weighted by Gasteiger charge is -2.15. The first kappa shape index (κ1) is 14.7. The van der Waals surface area contributed by atoms with E-state index in [9.17, 15) is 4.79 Å². The predicted molar refractivity (Wildman–Crippen MR) is 78.1 cm³/mol. The number of carbonyl (C=O) groups is 1. The smallest absolute Gasteiger partial charge is 0.224 e. The third-order valence-electron chi connectivity index (χ3n) is 3.83. The summed E-state index contributed by atoms with van der Waals surface area (Å²) >= 11 is 0. The van der Waals surface area contributed by atoms with Gasteiger partial charge in [-0.3, -0.25) is 4.79 Å². The third kappa shape index (κ3) is 3.42. The molecule has 0 saturated heterocycles. The highest BCUT2D eigenvalue weighted by Crippen LogP contribution is 2.31. The monoisotopic (exact) mass is 278 g/mol. The maximum Gasteiger partial charge on any atom is 0.224 e. The summed E-state index contributed by atoms with van der Waals surface area (Å²) in [4.78, 5) is 12.0. The van der Waals surface area contributed by atoms with Gasteiger partial charge >= 0.3 is 0 Å². The molecule has 0 heterocycles. The van der Waals surface area contributed by atoms with E-state index in [1.165, 1.54) is 0 Å². The van der Waals surface area contributed by atoms with Crippen LogP contribution in [0.25, 0.3) is 0 Å². The zero-order valence-electron chi connectivity index (χ0n) is 12.0. The van der Waals surface area contributed by atoms with Crippen LogP contribution in [0, 0.1) is 5.92 Å². The maximum absolute atomic E-state index is 12.0. The van der Waals surface area contributed by atoms with Crippen molar-refractivity contribution in [3.8, 4) is 11.5 Å². The first-order valence-corrected chi connectivity index (χ1v) is 6.91. The Balaban J connectivity index is 1.97. The quantitative estimate of drug-likeness (QED) is 0.865. The number of amides is 1. The molecule has 3 N–H and O–H groups in total. The van der Waals surface area contributed by atoms with Crippen LogP contribution in [0.4, 0.5) is 5.69 Å². The van der Waals surface area contributed by atoms with Gasteiger partial charge in [0.15, 0.2) is 11.5 Å². The molecule has 1 amide bonds. The molecule has 0 spiro atoms. The number of rotatable bonds is 5. The van der Waals surface area contributed by atoms with Crippen molar-refractivity contribution in [3.05, 3.63) is 18.2 Å². The van der Waals surface area contributed by atoms with Crippen molar-refractivity contribution in [2.75, 3.05) is 19.5 Å². The Kier molecular flexibility index (Phi) is 4.84. The third-order valence-corrected chi connectivity index (χ3v) is 3.83. The number of ether oxygens (including phenoxy) is 2. The summed E-state index contributed by atoms with van der Waals surface area (Å²) in [6, 6.07) is 5.49. The van der Waals surface area contributed by atoms with Gasteiger partial charge in [0.05, 0.1) is 14.2 Å². The van der Waals surface area contributed by atoms with Gasteiger partial charge in [0.25, 0.3) is 0 Å². The minimum absolute atomic E-state index is 0.000398. The van der Waals surface area contributed by atoms with Crippen molar-refractivity contribution in [2.24, 2.45) is 11.7 Å². The molecule has 1 saturated carbocycles. The number of hydrogen-bond donors (Lipinski definition) is 2. The topological polar surface area (TPSA) is 73.6 Å². The molecule has 1 aromatic carbocycles. The molecule has 0 unspecified atom stereocenters. The van der Waals surface area contributed by atoms with Crippen LogP contribution in [0.15, 0.2) is 18.2 Å². The highest BCUT2D eigenvalue weighted by Gasteiger charge is 2.26. The van der Waals surface area contributed by atoms with Crippen molar-refractivity contribution < 1.29 is 14.3 Å². The van der Waals surface area contributed by atoms with E-state index < -0.39 is 0 Å². The van der Waals surface area contributed by atoms with Crippen LogP contribution in [0.5, 0.6) is 11.5 Å². The summed E-state index contributed by atoms with van der Waals surface area (Å²) < 4.78 is 10.4. The summed E-state index contributed by atoms with van der Waals surface area (Å²) in [5.41, 5.74) is 6.70. The molecular formula is C15H22N2O3. The van der Waals surface area contributed by atoms with Gasteiger partial charge in [-0.05, 0) is 30.9 Å². The maximum atomic E-state index is 12.0. The van der Waals surface area contributed by atoms with Crippen LogP contribution >= 0.6 is 0 Å². The first-order chi connectivity index (χ1) is 9.63. The number of methoxy groups -OCH3 is 2. The lowest BCUT2D eigenvalue weighted by atomic mass is 10.00. The molecule has 0 aromatic heterocycles. The second-order valence-electron chi connectivity index (χ2n) is 5.18. The summed E-state index contributed by atoms with van der Waals surface area (Å²) in [7, 11) is 3.15. The molecule has 5 nitrogen and oxygen atoms in total. The van der Waals surface area contributed by atoms with Crippen LogP contribution < -0.4 is 20.5 Å². The molecule has 1 aromatic rings. The van der Waals surface area contributed by atoms with Crippen molar-refractivity contribution in [3.63, 3.8) is 0 Å². The molecule has 0 radical (unpaired) electrons. The Morgan fingerprint density at radius 3 is 2.65 bits per heavy atom. The first-order valence-electron chi connectivity index (χ1n) is 6.91. The van der Waals surface area contributed by atoms with Gasteiger partial charge in [0.1, 0.15) is 0 Å². The van der Waals surface area contributed by atoms with E-state index in [0.717, 1.165) is 19.3 Å². The number of carbonyl (C=O) groups excluding carboxylic acids is 1. The van der Waals surface area contributed by atoms with Gasteiger partial charge in [-0.25, -0.2) is 0 Å².